The Balaban J connectivity index is 2.24. The SMILES string of the molecule is CC(C)Cn1c(=O)n(C)c(=O)c2c1ncn2COC(=O)CCC(=O)N(C)C. The van der Waals surface area contributed by atoms with Crippen LogP contribution in [0.15, 0.2) is 15.9 Å². The molecule has 0 saturated carbocycles. The average Bonchev–Trinajstić information content (AvgIpc) is 3.03. The minimum absolute atomic E-state index is 0.0478. The highest BCUT2D eigenvalue weighted by molar-refractivity contribution is 5.81. The fourth-order valence-electron chi connectivity index (χ4n) is 2.58. The predicted octanol–water partition coefficient (Wildman–Crippen LogP) is -0.0782. The van der Waals surface area contributed by atoms with Gasteiger partial charge in [0.15, 0.2) is 17.9 Å². The summed E-state index contributed by atoms with van der Waals surface area (Å²) in [5.74, 6) is -0.549. The zero-order valence-corrected chi connectivity index (χ0v) is 16.3. The van der Waals surface area contributed by atoms with Crippen LogP contribution in [0.2, 0.25) is 0 Å². The molecule has 1 amide bonds. The van der Waals surface area contributed by atoms with Gasteiger partial charge in [0, 0.05) is 34.1 Å². The van der Waals surface area contributed by atoms with Crippen molar-refractivity contribution in [1.82, 2.24) is 23.6 Å². The number of rotatable bonds is 7. The van der Waals surface area contributed by atoms with Gasteiger partial charge in [0.2, 0.25) is 5.91 Å². The molecule has 0 N–H and O–H groups in total. The van der Waals surface area contributed by atoms with Crippen molar-refractivity contribution >= 4 is 23.0 Å². The number of aromatic nitrogens is 4. The van der Waals surface area contributed by atoms with Crippen LogP contribution < -0.4 is 11.2 Å². The standard InChI is InChI=1S/C17H25N5O5/c1-11(2)8-22-15-14(16(25)20(5)17(22)26)21(9-18-15)10-27-13(24)7-6-12(23)19(3)4/h9,11H,6-8,10H2,1-5H3. The number of carbonyl (C=O) groups is 2. The van der Waals surface area contributed by atoms with Gasteiger partial charge in [-0.25, -0.2) is 9.78 Å². The lowest BCUT2D eigenvalue weighted by atomic mass is 10.2. The summed E-state index contributed by atoms with van der Waals surface area (Å²) < 4.78 is 8.99. The average molecular weight is 379 g/mol. The van der Waals surface area contributed by atoms with E-state index in [9.17, 15) is 19.2 Å². The predicted molar refractivity (Wildman–Crippen MR) is 98.1 cm³/mol. The summed E-state index contributed by atoms with van der Waals surface area (Å²) in [5.41, 5.74) is -0.498. The Hall–Kier alpha value is -2.91. The van der Waals surface area contributed by atoms with Crippen LogP contribution in [0.3, 0.4) is 0 Å². The van der Waals surface area contributed by atoms with E-state index in [1.165, 1.54) is 27.4 Å². The zero-order chi connectivity index (χ0) is 20.3. The maximum absolute atomic E-state index is 12.5. The molecule has 0 radical (unpaired) electrons. The second-order valence-electron chi connectivity index (χ2n) is 6.97. The molecule has 10 heteroatoms. The minimum atomic E-state index is -0.556. The number of hydrogen-bond acceptors (Lipinski definition) is 6. The molecule has 0 bridgehead atoms. The molecule has 0 aliphatic rings. The summed E-state index contributed by atoms with van der Waals surface area (Å²) in [6.07, 6.45) is 1.35. The number of imidazole rings is 1. The van der Waals surface area contributed by atoms with Gasteiger partial charge in [-0.05, 0) is 5.92 Å². The molecule has 0 aliphatic carbocycles. The van der Waals surface area contributed by atoms with Crippen LogP contribution in [-0.4, -0.2) is 49.6 Å². The zero-order valence-electron chi connectivity index (χ0n) is 16.3. The van der Waals surface area contributed by atoms with Crippen molar-refractivity contribution in [1.29, 1.82) is 0 Å². The van der Waals surface area contributed by atoms with E-state index in [1.54, 1.807) is 14.1 Å². The first kappa shape index (κ1) is 20.4. The molecule has 0 unspecified atom stereocenters. The molecular formula is C17H25N5O5. The topological polar surface area (TPSA) is 108 Å². The van der Waals surface area contributed by atoms with Gasteiger partial charge in [-0.2, -0.15) is 0 Å². The number of ether oxygens (including phenoxy) is 1. The van der Waals surface area contributed by atoms with Gasteiger partial charge in [-0.3, -0.25) is 28.1 Å². The van der Waals surface area contributed by atoms with Gasteiger partial charge >= 0.3 is 11.7 Å². The molecule has 0 aromatic carbocycles. The lowest BCUT2D eigenvalue weighted by Gasteiger charge is -2.12. The van der Waals surface area contributed by atoms with Crippen LogP contribution >= 0.6 is 0 Å². The van der Waals surface area contributed by atoms with Crippen LogP contribution in [0.25, 0.3) is 11.2 Å². The van der Waals surface area contributed by atoms with E-state index in [2.05, 4.69) is 4.98 Å². The smallest absolute Gasteiger partial charge is 0.332 e. The van der Waals surface area contributed by atoms with Crippen LogP contribution in [-0.2, 0) is 34.6 Å². The van der Waals surface area contributed by atoms with Crippen LogP contribution in [0.5, 0.6) is 0 Å². The second-order valence-corrected chi connectivity index (χ2v) is 6.97. The summed E-state index contributed by atoms with van der Waals surface area (Å²) in [5, 5.41) is 0. The van der Waals surface area contributed by atoms with E-state index >= 15 is 0 Å². The Morgan fingerprint density at radius 2 is 1.89 bits per heavy atom. The van der Waals surface area contributed by atoms with Crippen molar-refractivity contribution in [2.75, 3.05) is 14.1 Å². The molecule has 0 saturated heterocycles. The molecule has 10 nitrogen and oxygen atoms in total. The highest BCUT2D eigenvalue weighted by Crippen LogP contribution is 2.09. The summed E-state index contributed by atoms with van der Waals surface area (Å²) in [6.45, 7) is 4.10. The molecule has 2 aromatic heterocycles. The van der Waals surface area contributed by atoms with Gasteiger partial charge in [0.25, 0.3) is 5.56 Å². The highest BCUT2D eigenvalue weighted by Gasteiger charge is 2.18. The van der Waals surface area contributed by atoms with E-state index in [4.69, 9.17) is 4.74 Å². The third-order valence-electron chi connectivity index (χ3n) is 4.05. The first-order valence-corrected chi connectivity index (χ1v) is 8.64. The summed E-state index contributed by atoms with van der Waals surface area (Å²) in [7, 11) is 4.62. The highest BCUT2D eigenvalue weighted by atomic mass is 16.5. The van der Waals surface area contributed by atoms with Gasteiger partial charge in [-0.15, -0.1) is 0 Å². The normalized spacial score (nSPS) is 11.2. The Kier molecular flexibility index (Phi) is 6.19. The first-order chi connectivity index (χ1) is 12.6. The fraction of sp³-hybridized carbons (Fsp3) is 0.588. The molecule has 0 atom stereocenters. The van der Waals surface area contributed by atoms with Crippen LogP contribution in [0.1, 0.15) is 26.7 Å². The van der Waals surface area contributed by atoms with Gasteiger partial charge in [-0.1, -0.05) is 13.8 Å². The summed E-state index contributed by atoms with van der Waals surface area (Å²) >= 11 is 0. The largest absolute Gasteiger partial charge is 0.444 e. The first-order valence-electron chi connectivity index (χ1n) is 8.64. The maximum Gasteiger partial charge on any atom is 0.332 e. The number of nitrogens with zero attached hydrogens (tertiary/aromatic N) is 5. The van der Waals surface area contributed by atoms with Crippen molar-refractivity contribution in [3.05, 3.63) is 27.2 Å². The number of hydrogen-bond donors (Lipinski definition) is 0. The van der Waals surface area contributed by atoms with E-state index in [-0.39, 0.29) is 42.6 Å². The van der Waals surface area contributed by atoms with Crippen molar-refractivity contribution in [2.24, 2.45) is 13.0 Å². The van der Waals surface area contributed by atoms with Crippen LogP contribution in [0.4, 0.5) is 0 Å². The van der Waals surface area contributed by atoms with E-state index in [0.29, 0.717) is 6.54 Å². The molecule has 2 aromatic rings. The maximum atomic E-state index is 12.5. The molecule has 2 rings (SSSR count). The Bertz CT molecular complexity index is 966. The molecule has 0 fully saturated rings. The van der Waals surface area contributed by atoms with Gasteiger partial charge in [0.05, 0.1) is 6.42 Å². The van der Waals surface area contributed by atoms with Crippen molar-refractivity contribution in [3.63, 3.8) is 0 Å². The Morgan fingerprint density at radius 3 is 2.48 bits per heavy atom. The lowest BCUT2D eigenvalue weighted by molar-refractivity contribution is -0.149. The fourth-order valence-corrected chi connectivity index (χ4v) is 2.58. The second kappa shape index (κ2) is 8.19. The lowest BCUT2D eigenvalue weighted by Crippen LogP contribution is -2.39. The van der Waals surface area contributed by atoms with Gasteiger partial charge in [0.1, 0.15) is 6.33 Å². The number of amides is 1. The molecule has 0 spiro atoms. The molecule has 27 heavy (non-hydrogen) atoms. The molecular weight excluding hydrogens is 354 g/mol. The third-order valence-corrected chi connectivity index (χ3v) is 4.05. The monoisotopic (exact) mass is 379 g/mol. The summed E-state index contributed by atoms with van der Waals surface area (Å²) in [4.78, 5) is 53.8. The van der Waals surface area contributed by atoms with Gasteiger partial charge < -0.3 is 9.64 Å². The molecule has 2 heterocycles. The number of carbonyl (C=O) groups excluding carboxylic acids is 2. The summed E-state index contributed by atoms with van der Waals surface area (Å²) in [6, 6.07) is 0. The van der Waals surface area contributed by atoms with Crippen molar-refractivity contribution < 1.29 is 14.3 Å². The quantitative estimate of drug-likeness (QED) is 0.623. The Morgan fingerprint density at radius 1 is 1.22 bits per heavy atom. The van der Waals surface area contributed by atoms with E-state index in [0.717, 1.165) is 4.57 Å². The van der Waals surface area contributed by atoms with Crippen molar-refractivity contribution in [2.45, 2.75) is 40.0 Å². The van der Waals surface area contributed by atoms with E-state index < -0.39 is 17.2 Å². The van der Waals surface area contributed by atoms with Crippen molar-refractivity contribution in [3.8, 4) is 0 Å². The molecule has 0 aliphatic heterocycles. The third kappa shape index (κ3) is 4.44. The van der Waals surface area contributed by atoms with Crippen LogP contribution in [0, 0.1) is 5.92 Å². The number of fused-ring (bicyclic) bond motifs is 1. The van der Waals surface area contributed by atoms with E-state index in [1.807, 2.05) is 13.8 Å². The minimum Gasteiger partial charge on any atom is -0.444 e. The number of esters is 1. The molecule has 148 valence electrons. The Labute approximate surface area is 156 Å².